The van der Waals surface area contributed by atoms with Crippen molar-refractivity contribution in [1.29, 1.82) is 0 Å². The van der Waals surface area contributed by atoms with Crippen LogP contribution in [0.4, 0.5) is 0 Å². The molecule has 3 rings (SSSR count). The fourth-order valence-corrected chi connectivity index (χ4v) is 3.26. The number of benzene rings is 2. The smallest absolute Gasteiger partial charge is 0.0227 e. The summed E-state index contributed by atoms with van der Waals surface area (Å²) in [6, 6.07) is 22.0. The van der Waals surface area contributed by atoms with Crippen molar-refractivity contribution in [2.24, 2.45) is 0 Å². The van der Waals surface area contributed by atoms with Gasteiger partial charge in [0, 0.05) is 5.41 Å². The molecule has 0 aromatic heterocycles. The minimum atomic E-state index is 0. The molecule has 1 aliphatic rings. The number of hydrogen-bond donors (Lipinski definition) is 0. The van der Waals surface area contributed by atoms with Gasteiger partial charge in [0.2, 0.25) is 0 Å². The van der Waals surface area contributed by atoms with Crippen LogP contribution in [0, 0.1) is 0 Å². The van der Waals surface area contributed by atoms with Crippen molar-refractivity contribution < 1.29 is 0 Å². The molecule has 0 N–H and O–H groups in total. The largest absolute Gasteiger partial charge is 0.306 e. The fourth-order valence-electron chi connectivity index (χ4n) is 3.26. The zero-order valence-corrected chi connectivity index (χ0v) is 12.8. The van der Waals surface area contributed by atoms with Crippen molar-refractivity contribution >= 4 is 12.4 Å². The molecule has 2 heteroatoms. The molecule has 1 saturated heterocycles. The second-order valence-electron chi connectivity index (χ2n) is 5.62. The summed E-state index contributed by atoms with van der Waals surface area (Å²) < 4.78 is 0. The SMILES string of the molecule is CN1CCC(c2ccccc2)(c2ccccc2)CC1.Cl. The van der Waals surface area contributed by atoms with Gasteiger partial charge in [-0.3, -0.25) is 0 Å². The van der Waals surface area contributed by atoms with E-state index in [1.807, 2.05) is 0 Å². The standard InChI is InChI=1S/C18H21N.ClH/c1-19-14-12-18(13-15-19,16-8-4-2-5-9-16)17-10-6-3-7-11-17;/h2-11H,12-15H2,1H3;1H. The molecular formula is C18H22ClN. The van der Waals surface area contributed by atoms with Gasteiger partial charge in [0.05, 0.1) is 0 Å². The van der Waals surface area contributed by atoms with Crippen LogP contribution in [0.3, 0.4) is 0 Å². The zero-order chi connectivity index (χ0) is 13.1. The maximum absolute atomic E-state index is 2.43. The van der Waals surface area contributed by atoms with Crippen LogP contribution in [0.5, 0.6) is 0 Å². The lowest BCUT2D eigenvalue weighted by atomic mass is 9.68. The molecule has 2 aromatic carbocycles. The highest BCUT2D eigenvalue weighted by Gasteiger charge is 2.36. The van der Waals surface area contributed by atoms with E-state index < -0.39 is 0 Å². The number of piperidine rings is 1. The zero-order valence-electron chi connectivity index (χ0n) is 12.0. The lowest BCUT2D eigenvalue weighted by molar-refractivity contribution is 0.213. The minimum absolute atomic E-state index is 0. The number of rotatable bonds is 2. The third-order valence-electron chi connectivity index (χ3n) is 4.49. The topological polar surface area (TPSA) is 3.24 Å². The second kappa shape index (κ2) is 6.43. The summed E-state index contributed by atoms with van der Waals surface area (Å²) in [6.45, 7) is 2.34. The summed E-state index contributed by atoms with van der Waals surface area (Å²) in [7, 11) is 2.22. The highest BCUT2D eigenvalue weighted by molar-refractivity contribution is 5.85. The molecular weight excluding hydrogens is 266 g/mol. The Balaban J connectivity index is 0.00000147. The van der Waals surface area contributed by atoms with Gasteiger partial charge in [0.15, 0.2) is 0 Å². The molecule has 1 fully saturated rings. The van der Waals surface area contributed by atoms with Gasteiger partial charge in [0.1, 0.15) is 0 Å². The molecule has 1 aliphatic heterocycles. The van der Waals surface area contributed by atoms with Crippen LogP contribution in [-0.2, 0) is 5.41 Å². The highest BCUT2D eigenvalue weighted by Crippen LogP contribution is 2.41. The third kappa shape index (κ3) is 2.74. The molecule has 0 radical (unpaired) electrons. The molecule has 1 heterocycles. The Kier molecular flexibility index (Phi) is 4.85. The van der Waals surface area contributed by atoms with Crippen LogP contribution in [0.1, 0.15) is 24.0 Å². The predicted molar refractivity (Wildman–Crippen MR) is 87.6 cm³/mol. The minimum Gasteiger partial charge on any atom is -0.306 e. The van der Waals surface area contributed by atoms with Crippen LogP contribution in [0.2, 0.25) is 0 Å². The Morgan fingerprint density at radius 2 is 1.15 bits per heavy atom. The monoisotopic (exact) mass is 287 g/mol. The fraction of sp³-hybridized carbons (Fsp3) is 0.333. The molecule has 0 saturated carbocycles. The van der Waals surface area contributed by atoms with Crippen molar-refractivity contribution in [2.75, 3.05) is 20.1 Å². The maximum atomic E-state index is 2.43. The van der Waals surface area contributed by atoms with Crippen molar-refractivity contribution in [3.8, 4) is 0 Å². The van der Waals surface area contributed by atoms with Crippen molar-refractivity contribution in [3.63, 3.8) is 0 Å². The molecule has 1 nitrogen and oxygen atoms in total. The van der Waals surface area contributed by atoms with Crippen molar-refractivity contribution in [1.82, 2.24) is 4.90 Å². The van der Waals surface area contributed by atoms with Gasteiger partial charge in [0.25, 0.3) is 0 Å². The molecule has 106 valence electrons. The number of likely N-dealkylation sites (tertiary alicyclic amines) is 1. The summed E-state index contributed by atoms with van der Waals surface area (Å²) in [5.74, 6) is 0. The molecule has 2 aromatic rings. The number of halogens is 1. The van der Waals surface area contributed by atoms with Crippen LogP contribution in [0.25, 0.3) is 0 Å². The Hall–Kier alpha value is -1.31. The van der Waals surface area contributed by atoms with E-state index in [1.54, 1.807) is 0 Å². The summed E-state index contributed by atoms with van der Waals surface area (Å²) in [5, 5.41) is 0. The summed E-state index contributed by atoms with van der Waals surface area (Å²) in [4.78, 5) is 2.43. The summed E-state index contributed by atoms with van der Waals surface area (Å²) in [5.41, 5.74) is 3.14. The first-order valence-corrected chi connectivity index (χ1v) is 7.11. The van der Waals surface area contributed by atoms with E-state index in [0.717, 1.165) is 0 Å². The van der Waals surface area contributed by atoms with Gasteiger partial charge in [-0.2, -0.15) is 0 Å². The van der Waals surface area contributed by atoms with E-state index in [0.29, 0.717) is 0 Å². The number of hydrogen-bond acceptors (Lipinski definition) is 1. The molecule has 0 aliphatic carbocycles. The molecule has 0 spiro atoms. The van der Waals surface area contributed by atoms with Gasteiger partial charge in [-0.15, -0.1) is 12.4 Å². The highest BCUT2D eigenvalue weighted by atomic mass is 35.5. The van der Waals surface area contributed by atoms with Gasteiger partial charge < -0.3 is 4.90 Å². The Morgan fingerprint density at radius 3 is 1.55 bits per heavy atom. The van der Waals surface area contributed by atoms with Gasteiger partial charge >= 0.3 is 0 Å². The first kappa shape index (κ1) is 15.1. The quantitative estimate of drug-likeness (QED) is 0.803. The molecule has 0 unspecified atom stereocenters. The van der Waals surface area contributed by atoms with Gasteiger partial charge in [-0.05, 0) is 44.1 Å². The first-order valence-electron chi connectivity index (χ1n) is 7.11. The average Bonchev–Trinajstić information content (AvgIpc) is 2.50. The number of nitrogens with zero attached hydrogens (tertiary/aromatic N) is 1. The van der Waals surface area contributed by atoms with E-state index in [-0.39, 0.29) is 17.8 Å². The molecule has 20 heavy (non-hydrogen) atoms. The molecule has 0 bridgehead atoms. The average molecular weight is 288 g/mol. The Bertz CT molecular complexity index is 474. The van der Waals surface area contributed by atoms with Gasteiger partial charge in [-0.25, -0.2) is 0 Å². The predicted octanol–water partition coefficient (Wildman–Crippen LogP) is 4.12. The first-order chi connectivity index (χ1) is 9.31. The van der Waals surface area contributed by atoms with E-state index in [2.05, 4.69) is 72.6 Å². The van der Waals surface area contributed by atoms with E-state index in [9.17, 15) is 0 Å². The van der Waals surface area contributed by atoms with E-state index in [1.165, 1.54) is 37.1 Å². The molecule has 0 atom stereocenters. The van der Waals surface area contributed by atoms with Crippen molar-refractivity contribution in [2.45, 2.75) is 18.3 Å². The van der Waals surface area contributed by atoms with Crippen LogP contribution in [-0.4, -0.2) is 25.0 Å². The Morgan fingerprint density at radius 1 is 0.750 bits per heavy atom. The molecule has 0 amide bonds. The summed E-state index contributed by atoms with van der Waals surface area (Å²) >= 11 is 0. The van der Waals surface area contributed by atoms with E-state index >= 15 is 0 Å². The van der Waals surface area contributed by atoms with Gasteiger partial charge in [-0.1, -0.05) is 60.7 Å². The second-order valence-corrected chi connectivity index (χ2v) is 5.62. The lowest BCUT2D eigenvalue weighted by Gasteiger charge is -2.41. The van der Waals surface area contributed by atoms with Crippen molar-refractivity contribution in [3.05, 3.63) is 71.8 Å². The summed E-state index contributed by atoms with van der Waals surface area (Å²) in [6.07, 6.45) is 2.41. The normalized spacial score (nSPS) is 18.2. The van der Waals surface area contributed by atoms with Crippen LogP contribution < -0.4 is 0 Å². The third-order valence-corrected chi connectivity index (χ3v) is 4.49. The Labute approximate surface area is 128 Å². The maximum Gasteiger partial charge on any atom is 0.0227 e. The van der Waals surface area contributed by atoms with Crippen LogP contribution >= 0.6 is 12.4 Å². The van der Waals surface area contributed by atoms with Crippen LogP contribution in [0.15, 0.2) is 60.7 Å². The van der Waals surface area contributed by atoms with E-state index in [4.69, 9.17) is 0 Å². The lowest BCUT2D eigenvalue weighted by Crippen LogP contribution is -2.41.